The third-order valence-electron chi connectivity index (χ3n) is 6.02. The molecule has 10 heteroatoms. The summed E-state index contributed by atoms with van der Waals surface area (Å²) in [6.07, 6.45) is 2.91. The van der Waals surface area contributed by atoms with Gasteiger partial charge in [0.1, 0.15) is 11.6 Å². The van der Waals surface area contributed by atoms with Crippen molar-refractivity contribution < 1.29 is 9.28 Å². The Hall–Kier alpha value is -2.93. The third-order valence-corrected chi connectivity index (χ3v) is 9.32. The molecule has 0 unspecified atom stereocenters. The molecular formula is C23H21ClFN5O2P. The Kier molecular flexibility index (Phi) is 5.83. The average molecular weight is 485 g/mol. The number of aromatic nitrogens is 4. The van der Waals surface area contributed by atoms with Gasteiger partial charge in [-0.15, -0.1) is 0 Å². The number of H-pyrrole nitrogens is 1. The minimum Gasteiger partial charge on any atom is -0.375 e. The second-order valence-electron chi connectivity index (χ2n) is 8.05. The van der Waals surface area contributed by atoms with Gasteiger partial charge in [-0.25, -0.2) is 19.5 Å². The SMILES string of the molecule is O=c1[nH]nc(Cc2ccc(F)c([P]3(O)CCN(c4ccnc(Cl)n4)CC3)c2)c2ccccc12. The predicted molar refractivity (Wildman–Crippen MR) is 129 cm³/mol. The average Bonchev–Trinajstić information content (AvgIpc) is 2.82. The van der Waals surface area contributed by atoms with Crippen LogP contribution in [0.4, 0.5) is 10.2 Å². The summed E-state index contributed by atoms with van der Waals surface area (Å²) < 4.78 is 14.9. The van der Waals surface area contributed by atoms with Gasteiger partial charge < -0.3 is 9.79 Å². The van der Waals surface area contributed by atoms with Crippen molar-refractivity contribution in [3.8, 4) is 0 Å². The standard InChI is InChI=1S/C23H21ClFN5O2P/c24-23-26-8-7-21(27-23)30-9-11-33(32,12-10-30)20-14-15(5-6-18(20)25)13-19-16-3-1-2-4-17(16)22(31)29-28-19/h1-8,14,32H,9-13H2,(H,29,31). The Morgan fingerprint density at radius 1 is 1.12 bits per heavy atom. The van der Waals surface area contributed by atoms with Gasteiger partial charge in [0.25, 0.3) is 5.56 Å². The highest BCUT2D eigenvalue weighted by molar-refractivity contribution is 7.77. The number of halogens is 2. The van der Waals surface area contributed by atoms with E-state index in [-0.39, 0.29) is 10.8 Å². The van der Waals surface area contributed by atoms with Crippen LogP contribution in [0.15, 0.2) is 59.5 Å². The fraction of sp³-hybridized carbons (Fsp3) is 0.217. The summed E-state index contributed by atoms with van der Waals surface area (Å²) in [7, 11) is -2.68. The molecule has 1 aliphatic heterocycles. The normalized spacial score (nSPS) is 15.7. The number of aromatic amines is 1. The molecule has 0 atom stereocenters. The zero-order valence-electron chi connectivity index (χ0n) is 17.6. The Morgan fingerprint density at radius 3 is 2.64 bits per heavy atom. The fourth-order valence-corrected chi connectivity index (χ4v) is 7.13. The van der Waals surface area contributed by atoms with Crippen molar-refractivity contribution in [3.05, 3.63) is 87.4 Å². The van der Waals surface area contributed by atoms with Gasteiger partial charge >= 0.3 is 0 Å². The van der Waals surface area contributed by atoms with Crippen molar-refractivity contribution in [2.75, 3.05) is 30.3 Å². The van der Waals surface area contributed by atoms with E-state index < -0.39 is 13.3 Å². The van der Waals surface area contributed by atoms with Crippen LogP contribution < -0.4 is 15.8 Å². The summed E-state index contributed by atoms with van der Waals surface area (Å²) >= 11 is 5.90. The molecule has 0 saturated carbocycles. The minimum atomic E-state index is -2.68. The zero-order valence-corrected chi connectivity index (χ0v) is 19.2. The minimum absolute atomic E-state index is 0.172. The molecule has 0 spiro atoms. The van der Waals surface area contributed by atoms with Crippen molar-refractivity contribution in [1.82, 2.24) is 20.2 Å². The second kappa shape index (κ2) is 8.78. The molecule has 4 aromatic rings. The largest absolute Gasteiger partial charge is 0.375 e. The summed E-state index contributed by atoms with van der Waals surface area (Å²) in [5.74, 6) is 0.305. The lowest BCUT2D eigenvalue weighted by molar-refractivity contribution is 0.586. The van der Waals surface area contributed by atoms with E-state index in [9.17, 15) is 14.1 Å². The molecule has 3 heterocycles. The lowest BCUT2D eigenvalue weighted by atomic mass is 10.0. The second-order valence-corrected chi connectivity index (χ2v) is 11.6. The monoisotopic (exact) mass is 484 g/mol. The Balaban J connectivity index is 1.40. The summed E-state index contributed by atoms with van der Waals surface area (Å²) in [6, 6.07) is 13.9. The number of fused-ring (bicyclic) bond motifs is 1. The number of nitrogens with one attached hydrogen (secondary N) is 1. The van der Waals surface area contributed by atoms with Gasteiger partial charge in [0.2, 0.25) is 5.28 Å². The van der Waals surface area contributed by atoms with Crippen molar-refractivity contribution >= 4 is 41.0 Å². The number of rotatable bonds is 4. The highest BCUT2D eigenvalue weighted by Gasteiger charge is 2.35. The fourth-order valence-electron chi connectivity index (χ4n) is 4.25. The smallest absolute Gasteiger partial charge is 0.272 e. The molecule has 2 aromatic carbocycles. The molecule has 5 rings (SSSR count). The summed E-state index contributed by atoms with van der Waals surface area (Å²) in [5, 5.41) is 8.64. The number of hydrogen-bond donors (Lipinski definition) is 2. The first-order chi connectivity index (χ1) is 15.9. The Labute approximate surface area is 194 Å². The van der Waals surface area contributed by atoms with Crippen LogP contribution in [0.25, 0.3) is 10.8 Å². The van der Waals surface area contributed by atoms with Crippen LogP contribution in [0.5, 0.6) is 0 Å². The van der Waals surface area contributed by atoms with Crippen molar-refractivity contribution in [2.24, 2.45) is 0 Å². The van der Waals surface area contributed by atoms with Crippen LogP contribution in [-0.4, -0.2) is 50.5 Å². The maximum Gasteiger partial charge on any atom is 0.272 e. The van der Waals surface area contributed by atoms with Gasteiger partial charge in [-0.05, 0) is 41.4 Å². The molecule has 0 bridgehead atoms. The topological polar surface area (TPSA) is 95.0 Å². The van der Waals surface area contributed by atoms with Crippen molar-refractivity contribution in [1.29, 1.82) is 0 Å². The first-order valence-corrected chi connectivity index (χ1v) is 13.0. The predicted octanol–water partition coefficient (Wildman–Crippen LogP) is 3.17. The Bertz CT molecular complexity index is 1390. The molecule has 0 amide bonds. The number of nitrogens with zero attached hydrogens (tertiary/aromatic N) is 4. The molecule has 2 N–H and O–H groups in total. The van der Waals surface area contributed by atoms with E-state index in [2.05, 4.69) is 20.2 Å². The van der Waals surface area contributed by atoms with Crippen LogP contribution in [0.1, 0.15) is 11.3 Å². The summed E-state index contributed by atoms with van der Waals surface area (Å²) in [5.41, 5.74) is 1.28. The van der Waals surface area contributed by atoms with E-state index in [1.54, 1.807) is 36.5 Å². The molecule has 2 aromatic heterocycles. The van der Waals surface area contributed by atoms with Crippen LogP contribution in [-0.2, 0) is 6.42 Å². The first kappa shape index (κ1) is 21.9. The maximum absolute atomic E-state index is 14.9. The van der Waals surface area contributed by atoms with E-state index in [1.165, 1.54) is 6.07 Å². The molecule has 1 fully saturated rings. The van der Waals surface area contributed by atoms with Gasteiger partial charge in [-0.1, -0.05) is 24.3 Å². The zero-order chi connectivity index (χ0) is 23.0. The van der Waals surface area contributed by atoms with Gasteiger partial charge in [0, 0.05) is 56.2 Å². The quantitative estimate of drug-likeness (QED) is 0.341. The van der Waals surface area contributed by atoms with Crippen molar-refractivity contribution in [3.63, 3.8) is 0 Å². The van der Waals surface area contributed by atoms with E-state index in [0.29, 0.717) is 54.0 Å². The lowest BCUT2D eigenvalue weighted by Crippen LogP contribution is -2.40. The molecule has 1 saturated heterocycles. The van der Waals surface area contributed by atoms with Gasteiger partial charge in [0.15, 0.2) is 0 Å². The number of benzene rings is 2. The lowest BCUT2D eigenvalue weighted by Gasteiger charge is -2.40. The summed E-state index contributed by atoms with van der Waals surface area (Å²) in [6.45, 7) is 1.10. The van der Waals surface area contributed by atoms with Crippen LogP contribution in [0, 0.1) is 5.82 Å². The maximum atomic E-state index is 14.9. The highest BCUT2D eigenvalue weighted by Crippen LogP contribution is 2.55. The molecular weight excluding hydrogens is 464 g/mol. The van der Waals surface area contributed by atoms with Gasteiger partial charge in [-0.2, -0.15) is 5.10 Å². The molecule has 169 valence electrons. The van der Waals surface area contributed by atoms with Crippen LogP contribution in [0.2, 0.25) is 5.28 Å². The molecule has 1 radical (unpaired) electrons. The van der Waals surface area contributed by atoms with Gasteiger partial charge in [-0.3, -0.25) is 4.79 Å². The number of anilines is 1. The van der Waals surface area contributed by atoms with Crippen molar-refractivity contribution in [2.45, 2.75) is 6.42 Å². The highest BCUT2D eigenvalue weighted by atomic mass is 35.5. The van der Waals surface area contributed by atoms with E-state index in [1.807, 2.05) is 17.0 Å². The first-order valence-electron chi connectivity index (χ1n) is 10.5. The molecule has 0 aliphatic carbocycles. The van der Waals surface area contributed by atoms with Crippen LogP contribution >= 0.6 is 19.1 Å². The van der Waals surface area contributed by atoms with E-state index in [0.717, 1.165) is 10.9 Å². The van der Waals surface area contributed by atoms with Crippen LogP contribution in [0.3, 0.4) is 0 Å². The molecule has 33 heavy (non-hydrogen) atoms. The van der Waals surface area contributed by atoms with Gasteiger partial charge in [0.05, 0.1) is 11.1 Å². The van der Waals surface area contributed by atoms with E-state index >= 15 is 0 Å². The molecule has 1 aliphatic rings. The Morgan fingerprint density at radius 2 is 1.88 bits per heavy atom. The number of hydrogen-bond acceptors (Lipinski definition) is 6. The summed E-state index contributed by atoms with van der Waals surface area (Å²) in [4.78, 5) is 33.7. The van der Waals surface area contributed by atoms with E-state index in [4.69, 9.17) is 11.6 Å². The molecule has 7 nitrogen and oxygen atoms in total. The third kappa shape index (κ3) is 4.34.